The maximum Gasteiger partial charge on any atom is 0.312 e. The molecule has 2 aromatic rings. The van der Waals surface area contributed by atoms with Crippen molar-refractivity contribution in [3.63, 3.8) is 0 Å². The molecule has 1 aliphatic rings. The number of carboxylic acid groups (broad SMARTS) is 1. The van der Waals surface area contributed by atoms with Crippen molar-refractivity contribution < 1.29 is 9.90 Å². The van der Waals surface area contributed by atoms with Crippen molar-refractivity contribution in [3.05, 3.63) is 23.1 Å². The zero-order valence-corrected chi connectivity index (χ0v) is 11.5. The van der Waals surface area contributed by atoms with Crippen LogP contribution in [-0.4, -0.2) is 25.6 Å². The molecular weight excluding hydrogens is 262 g/mol. The van der Waals surface area contributed by atoms with Gasteiger partial charge < -0.3 is 9.67 Å². The minimum Gasteiger partial charge on any atom is -0.481 e. The number of rotatable bonds is 3. The average molecular weight is 277 g/mol. The van der Waals surface area contributed by atoms with E-state index in [2.05, 4.69) is 16.9 Å². The van der Waals surface area contributed by atoms with E-state index in [4.69, 9.17) is 0 Å². The van der Waals surface area contributed by atoms with Gasteiger partial charge in [0.1, 0.15) is 10.9 Å². The van der Waals surface area contributed by atoms with E-state index in [-0.39, 0.29) is 0 Å². The van der Waals surface area contributed by atoms with E-state index in [9.17, 15) is 9.90 Å². The molecule has 19 heavy (non-hydrogen) atoms. The van der Waals surface area contributed by atoms with Crippen LogP contribution in [0.15, 0.2) is 12.5 Å². The molecule has 2 heterocycles. The number of carboxylic acids is 1. The second-order valence-corrected chi connectivity index (χ2v) is 5.76. The highest BCUT2D eigenvalue weighted by atomic mass is 32.1. The van der Waals surface area contributed by atoms with E-state index < -0.39 is 11.9 Å². The van der Waals surface area contributed by atoms with Crippen LogP contribution in [0.1, 0.15) is 36.3 Å². The lowest BCUT2D eigenvalue weighted by molar-refractivity contribution is -0.139. The molecule has 2 aromatic heterocycles. The Labute approximate surface area is 114 Å². The van der Waals surface area contributed by atoms with Crippen LogP contribution < -0.4 is 0 Å². The second-order valence-electron chi connectivity index (χ2n) is 4.68. The van der Waals surface area contributed by atoms with Crippen LogP contribution in [0.5, 0.6) is 0 Å². The van der Waals surface area contributed by atoms with Gasteiger partial charge in [-0.1, -0.05) is 0 Å². The van der Waals surface area contributed by atoms with E-state index in [1.165, 1.54) is 0 Å². The monoisotopic (exact) mass is 277 g/mol. The number of hydrogen-bond donors (Lipinski definition) is 1. The molecule has 1 N–H and O–H groups in total. The highest BCUT2D eigenvalue weighted by molar-refractivity contribution is 7.15. The lowest BCUT2D eigenvalue weighted by Gasteiger charge is -2.16. The van der Waals surface area contributed by atoms with Crippen LogP contribution in [0, 0.1) is 0 Å². The van der Waals surface area contributed by atoms with Crippen LogP contribution in [0.4, 0.5) is 0 Å². The average Bonchev–Trinajstić information content (AvgIpc) is 3.03. The summed E-state index contributed by atoms with van der Waals surface area (Å²) in [4.78, 5) is 21.1. The molecule has 5 nitrogen and oxygen atoms in total. The first-order valence-corrected chi connectivity index (χ1v) is 7.25. The number of aryl methyl sites for hydroxylation is 2. The molecule has 0 amide bonds. The summed E-state index contributed by atoms with van der Waals surface area (Å²) in [7, 11) is 0. The molecule has 0 fully saturated rings. The first-order valence-electron chi connectivity index (χ1n) is 6.43. The zero-order chi connectivity index (χ0) is 13.4. The summed E-state index contributed by atoms with van der Waals surface area (Å²) in [6.45, 7) is 2.89. The number of aromatic nitrogens is 3. The lowest BCUT2D eigenvalue weighted by atomic mass is 9.91. The third-order valence-electron chi connectivity index (χ3n) is 3.52. The fourth-order valence-electron chi connectivity index (χ4n) is 2.52. The molecule has 0 saturated heterocycles. The standard InChI is InChI=1S/C13H15N3O2S/c1-2-16-7-14-6-9(16)12-15-11-8(13(17)18)4-3-5-10(11)19-12/h6-8H,2-5H2,1H3,(H,17,18). The molecule has 3 rings (SSSR count). The van der Waals surface area contributed by atoms with Crippen molar-refractivity contribution in [1.29, 1.82) is 0 Å². The normalized spacial score (nSPS) is 18.3. The number of aliphatic carboxylic acids is 1. The summed E-state index contributed by atoms with van der Waals surface area (Å²) in [5, 5.41) is 10.2. The molecule has 0 aliphatic heterocycles. The number of thiazole rings is 1. The van der Waals surface area contributed by atoms with Gasteiger partial charge >= 0.3 is 5.97 Å². The summed E-state index contributed by atoms with van der Waals surface area (Å²) < 4.78 is 2.03. The highest BCUT2D eigenvalue weighted by Gasteiger charge is 2.30. The number of fused-ring (bicyclic) bond motifs is 1. The Morgan fingerprint density at radius 2 is 2.47 bits per heavy atom. The summed E-state index contributed by atoms with van der Waals surface area (Å²) in [5.41, 5.74) is 1.74. The SMILES string of the molecule is CCn1cncc1-c1nc2c(s1)CCCC2C(=O)O. The van der Waals surface area contributed by atoms with Gasteiger partial charge in [0.25, 0.3) is 0 Å². The van der Waals surface area contributed by atoms with Gasteiger partial charge in [0.05, 0.1) is 23.9 Å². The van der Waals surface area contributed by atoms with Crippen molar-refractivity contribution >= 4 is 17.3 Å². The minimum atomic E-state index is -0.762. The van der Waals surface area contributed by atoms with E-state index in [0.29, 0.717) is 6.42 Å². The quantitative estimate of drug-likeness (QED) is 0.936. The van der Waals surface area contributed by atoms with Crippen LogP contribution in [-0.2, 0) is 17.8 Å². The predicted octanol–water partition coefficient (Wildman–Crippen LogP) is 2.53. The highest BCUT2D eigenvalue weighted by Crippen LogP contribution is 2.38. The van der Waals surface area contributed by atoms with Crippen LogP contribution >= 0.6 is 11.3 Å². The van der Waals surface area contributed by atoms with E-state index in [0.717, 1.165) is 40.7 Å². The molecular formula is C13H15N3O2S. The van der Waals surface area contributed by atoms with Crippen molar-refractivity contribution in [2.75, 3.05) is 0 Å². The number of carbonyl (C=O) groups is 1. The lowest BCUT2D eigenvalue weighted by Crippen LogP contribution is -2.17. The molecule has 1 unspecified atom stereocenters. The second kappa shape index (κ2) is 4.77. The molecule has 1 aliphatic carbocycles. The van der Waals surface area contributed by atoms with E-state index in [1.54, 1.807) is 23.9 Å². The third-order valence-corrected chi connectivity index (χ3v) is 4.68. The fourth-order valence-corrected chi connectivity index (χ4v) is 3.71. The Morgan fingerprint density at radius 3 is 3.21 bits per heavy atom. The zero-order valence-electron chi connectivity index (χ0n) is 10.7. The summed E-state index contributed by atoms with van der Waals surface area (Å²) >= 11 is 1.61. The molecule has 0 saturated carbocycles. The molecule has 6 heteroatoms. The number of nitrogens with zero attached hydrogens (tertiary/aromatic N) is 3. The third kappa shape index (κ3) is 2.06. The van der Waals surface area contributed by atoms with Gasteiger partial charge in [-0.25, -0.2) is 9.97 Å². The van der Waals surface area contributed by atoms with Crippen molar-refractivity contribution in [2.24, 2.45) is 0 Å². The van der Waals surface area contributed by atoms with Crippen LogP contribution in [0.3, 0.4) is 0 Å². The molecule has 0 bridgehead atoms. The van der Waals surface area contributed by atoms with Crippen molar-refractivity contribution in [2.45, 2.75) is 38.6 Å². The largest absolute Gasteiger partial charge is 0.481 e. The first-order chi connectivity index (χ1) is 9.20. The minimum absolute atomic E-state index is 0.438. The van der Waals surface area contributed by atoms with Gasteiger partial charge in [0.15, 0.2) is 0 Å². The van der Waals surface area contributed by atoms with Gasteiger partial charge in [0, 0.05) is 11.4 Å². The molecule has 0 aromatic carbocycles. The van der Waals surface area contributed by atoms with Gasteiger partial charge in [0.2, 0.25) is 0 Å². The predicted molar refractivity (Wildman–Crippen MR) is 72.3 cm³/mol. The van der Waals surface area contributed by atoms with Gasteiger partial charge in [-0.15, -0.1) is 11.3 Å². The van der Waals surface area contributed by atoms with Gasteiger partial charge in [-0.3, -0.25) is 4.79 Å². The van der Waals surface area contributed by atoms with Gasteiger partial charge in [-0.2, -0.15) is 0 Å². The Hall–Kier alpha value is -1.69. The Bertz CT molecular complexity index is 617. The topological polar surface area (TPSA) is 68.0 Å². The fraction of sp³-hybridized carbons (Fsp3) is 0.462. The molecule has 100 valence electrons. The maximum atomic E-state index is 11.3. The molecule has 1 atom stereocenters. The Morgan fingerprint density at radius 1 is 1.63 bits per heavy atom. The van der Waals surface area contributed by atoms with Gasteiger partial charge in [-0.05, 0) is 26.2 Å². The smallest absolute Gasteiger partial charge is 0.312 e. The summed E-state index contributed by atoms with van der Waals surface area (Å²) in [6, 6.07) is 0. The van der Waals surface area contributed by atoms with Crippen molar-refractivity contribution in [3.8, 4) is 10.7 Å². The van der Waals surface area contributed by atoms with E-state index >= 15 is 0 Å². The number of hydrogen-bond acceptors (Lipinski definition) is 4. The Balaban J connectivity index is 2.04. The van der Waals surface area contributed by atoms with Crippen LogP contribution in [0.25, 0.3) is 10.7 Å². The summed E-state index contributed by atoms with van der Waals surface area (Å²) in [5.74, 6) is -1.20. The number of imidazole rings is 1. The van der Waals surface area contributed by atoms with E-state index in [1.807, 2.05) is 4.57 Å². The summed E-state index contributed by atoms with van der Waals surface area (Å²) in [6.07, 6.45) is 6.14. The Kier molecular flexibility index (Phi) is 3.10. The maximum absolute atomic E-state index is 11.3. The van der Waals surface area contributed by atoms with Crippen LogP contribution in [0.2, 0.25) is 0 Å². The van der Waals surface area contributed by atoms with Crippen molar-refractivity contribution in [1.82, 2.24) is 14.5 Å². The molecule has 0 spiro atoms. The molecule has 0 radical (unpaired) electrons. The first kappa shape index (κ1) is 12.3.